The Bertz CT molecular complexity index is 955. The van der Waals surface area contributed by atoms with E-state index in [0.29, 0.717) is 16.8 Å². The monoisotopic (exact) mass is 345 g/mol. The summed E-state index contributed by atoms with van der Waals surface area (Å²) >= 11 is 0. The molecule has 1 aliphatic heterocycles. The number of carbonyl (C=O) groups excluding carboxylic acids is 2. The minimum absolute atomic E-state index is 0.0560. The van der Waals surface area contributed by atoms with Crippen LogP contribution in [-0.4, -0.2) is 34.8 Å². The first-order chi connectivity index (χ1) is 12.7. The summed E-state index contributed by atoms with van der Waals surface area (Å²) in [5, 5.41) is 3.71. The van der Waals surface area contributed by atoms with E-state index in [-0.39, 0.29) is 11.8 Å². The molecule has 3 aromatic rings. The van der Waals surface area contributed by atoms with Crippen LogP contribution in [0, 0.1) is 0 Å². The number of benzene rings is 2. The summed E-state index contributed by atoms with van der Waals surface area (Å²) in [6.07, 6.45) is 3.77. The Labute approximate surface area is 151 Å². The van der Waals surface area contributed by atoms with Crippen LogP contribution in [0.25, 0.3) is 10.9 Å². The third kappa shape index (κ3) is 3.16. The molecule has 1 aliphatic rings. The van der Waals surface area contributed by atoms with Crippen LogP contribution < -0.4 is 5.32 Å². The second-order valence-electron chi connectivity index (χ2n) is 6.41. The summed E-state index contributed by atoms with van der Waals surface area (Å²) in [7, 11) is 0. The number of para-hydroxylation sites is 1. The summed E-state index contributed by atoms with van der Waals surface area (Å²) in [5.41, 5.74) is 2.67. The van der Waals surface area contributed by atoms with Gasteiger partial charge in [0.05, 0.1) is 11.1 Å². The zero-order chi connectivity index (χ0) is 17.9. The Hall–Kier alpha value is -3.21. The number of likely N-dealkylation sites (tertiary alicyclic amines) is 1. The maximum absolute atomic E-state index is 12.6. The van der Waals surface area contributed by atoms with Crippen LogP contribution in [0.2, 0.25) is 0 Å². The fourth-order valence-electron chi connectivity index (χ4n) is 3.29. The van der Waals surface area contributed by atoms with Gasteiger partial charge in [0.15, 0.2) is 0 Å². The zero-order valence-corrected chi connectivity index (χ0v) is 14.3. The summed E-state index contributed by atoms with van der Waals surface area (Å²) in [5.74, 6) is -0.136. The number of nitrogens with zero attached hydrogens (tertiary/aromatic N) is 2. The topological polar surface area (TPSA) is 62.3 Å². The molecular weight excluding hydrogens is 326 g/mol. The molecule has 1 N–H and O–H groups in total. The number of nitrogens with one attached hydrogen (secondary N) is 1. The number of aromatic nitrogens is 1. The predicted octanol–water partition coefficient (Wildman–Crippen LogP) is 3.72. The normalized spacial score (nSPS) is 13.8. The van der Waals surface area contributed by atoms with Gasteiger partial charge in [-0.3, -0.25) is 14.6 Å². The van der Waals surface area contributed by atoms with Crippen molar-refractivity contribution in [2.75, 3.05) is 18.4 Å². The molecule has 2 amide bonds. The maximum Gasteiger partial charge on any atom is 0.256 e. The molecule has 26 heavy (non-hydrogen) atoms. The lowest BCUT2D eigenvalue weighted by Gasteiger charge is -2.15. The van der Waals surface area contributed by atoms with E-state index in [1.54, 1.807) is 36.5 Å². The highest BCUT2D eigenvalue weighted by atomic mass is 16.2. The lowest BCUT2D eigenvalue weighted by atomic mass is 10.1. The van der Waals surface area contributed by atoms with Crippen molar-refractivity contribution in [1.82, 2.24) is 9.88 Å². The molecule has 0 radical (unpaired) electrons. The molecule has 0 bridgehead atoms. The van der Waals surface area contributed by atoms with Gasteiger partial charge in [-0.05, 0) is 49.2 Å². The molecule has 5 heteroatoms. The van der Waals surface area contributed by atoms with Crippen LogP contribution >= 0.6 is 0 Å². The van der Waals surface area contributed by atoms with Crippen molar-refractivity contribution < 1.29 is 9.59 Å². The first kappa shape index (κ1) is 16.3. The van der Waals surface area contributed by atoms with Crippen molar-refractivity contribution in [3.8, 4) is 0 Å². The van der Waals surface area contributed by atoms with Gasteiger partial charge >= 0.3 is 0 Å². The Morgan fingerprint density at radius 2 is 1.65 bits per heavy atom. The summed E-state index contributed by atoms with van der Waals surface area (Å²) in [6.45, 7) is 1.65. The number of anilines is 1. The largest absolute Gasteiger partial charge is 0.339 e. The fraction of sp³-hybridized carbons (Fsp3) is 0.190. The Kier molecular flexibility index (Phi) is 4.35. The van der Waals surface area contributed by atoms with Crippen LogP contribution in [0.3, 0.4) is 0 Å². The van der Waals surface area contributed by atoms with Gasteiger partial charge in [0, 0.05) is 35.9 Å². The van der Waals surface area contributed by atoms with E-state index in [9.17, 15) is 9.59 Å². The van der Waals surface area contributed by atoms with Crippen molar-refractivity contribution in [2.24, 2.45) is 0 Å². The van der Waals surface area contributed by atoms with Crippen LogP contribution in [-0.2, 0) is 0 Å². The standard InChI is InChI=1S/C21H19N3O2/c25-20(18-11-12-22-19-6-2-1-5-17(18)19)23-16-9-7-15(8-10-16)21(26)24-13-3-4-14-24/h1-2,5-12H,3-4,13-14H2,(H,23,25). The summed E-state index contributed by atoms with van der Waals surface area (Å²) in [4.78, 5) is 31.2. The van der Waals surface area contributed by atoms with E-state index in [0.717, 1.165) is 36.8 Å². The average Bonchev–Trinajstić information content (AvgIpc) is 3.22. The number of amides is 2. The quantitative estimate of drug-likeness (QED) is 0.787. The second-order valence-corrected chi connectivity index (χ2v) is 6.41. The molecule has 130 valence electrons. The number of fused-ring (bicyclic) bond motifs is 1. The Morgan fingerprint density at radius 3 is 2.42 bits per heavy atom. The smallest absolute Gasteiger partial charge is 0.256 e. The predicted molar refractivity (Wildman–Crippen MR) is 101 cm³/mol. The molecule has 0 saturated carbocycles. The molecule has 0 atom stereocenters. The first-order valence-electron chi connectivity index (χ1n) is 8.77. The molecule has 4 rings (SSSR count). The third-order valence-electron chi connectivity index (χ3n) is 4.68. The molecule has 0 aliphatic carbocycles. The van der Waals surface area contributed by atoms with Gasteiger partial charge in [-0.1, -0.05) is 18.2 Å². The van der Waals surface area contributed by atoms with Crippen molar-refractivity contribution in [3.05, 3.63) is 71.9 Å². The molecule has 1 saturated heterocycles. The molecular formula is C21H19N3O2. The summed E-state index contributed by atoms with van der Waals surface area (Å²) in [6, 6.07) is 16.3. The van der Waals surface area contributed by atoms with Crippen molar-refractivity contribution in [2.45, 2.75) is 12.8 Å². The van der Waals surface area contributed by atoms with Crippen LogP contribution in [0.4, 0.5) is 5.69 Å². The molecule has 1 fully saturated rings. The first-order valence-corrected chi connectivity index (χ1v) is 8.77. The highest BCUT2D eigenvalue weighted by molar-refractivity contribution is 6.12. The Morgan fingerprint density at radius 1 is 0.923 bits per heavy atom. The number of hydrogen-bond donors (Lipinski definition) is 1. The molecule has 0 unspecified atom stereocenters. The molecule has 2 aromatic carbocycles. The lowest BCUT2D eigenvalue weighted by molar-refractivity contribution is 0.0792. The fourth-order valence-corrected chi connectivity index (χ4v) is 3.29. The SMILES string of the molecule is O=C(Nc1ccc(C(=O)N2CCCC2)cc1)c1ccnc2ccccc12. The van der Waals surface area contributed by atoms with Crippen molar-refractivity contribution >= 4 is 28.4 Å². The van der Waals surface area contributed by atoms with Crippen molar-refractivity contribution in [1.29, 1.82) is 0 Å². The van der Waals surface area contributed by atoms with Gasteiger partial charge in [-0.25, -0.2) is 0 Å². The van der Waals surface area contributed by atoms with Gasteiger partial charge in [-0.2, -0.15) is 0 Å². The minimum atomic E-state index is -0.192. The lowest BCUT2D eigenvalue weighted by Crippen LogP contribution is -2.27. The molecule has 5 nitrogen and oxygen atoms in total. The molecule has 2 heterocycles. The number of hydrogen-bond acceptors (Lipinski definition) is 3. The van der Waals surface area contributed by atoms with E-state index in [2.05, 4.69) is 10.3 Å². The highest BCUT2D eigenvalue weighted by Gasteiger charge is 2.19. The van der Waals surface area contributed by atoms with Gasteiger partial charge in [0.1, 0.15) is 0 Å². The van der Waals surface area contributed by atoms with E-state index in [1.165, 1.54) is 0 Å². The third-order valence-corrected chi connectivity index (χ3v) is 4.68. The van der Waals surface area contributed by atoms with E-state index in [4.69, 9.17) is 0 Å². The van der Waals surface area contributed by atoms with Crippen LogP contribution in [0.5, 0.6) is 0 Å². The summed E-state index contributed by atoms with van der Waals surface area (Å²) < 4.78 is 0. The van der Waals surface area contributed by atoms with Crippen LogP contribution in [0.1, 0.15) is 33.6 Å². The second kappa shape index (κ2) is 6.96. The maximum atomic E-state index is 12.6. The number of carbonyl (C=O) groups is 2. The minimum Gasteiger partial charge on any atom is -0.339 e. The number of pyridine rings is 1. The molecule has 0 spiro atoms. The highest BCUT2D eigenvalue weighted by Crippen LogP contribution is 2.19. The molecule has 1 aromatic heterocycles. The van der Waals surface area contributed by atoms with E-state index in [1.807, 2.05) is 29.2 Å². The Balaban J connectivity index is 1.51. The van der Waals surface area contributed by atoms with E-state index >= 15 is 0 Å². The average molecular weight is 345 g/mol. The van der Waals surface area contributed by atoms with Crippen molar-refractivity contribution in [3.63, 3.8) is 0 Å². The van der Waals surface area contributed by atoms with Gasteiger partial charge < -0.3 is 10.2 Å². The van der Waals surface area contributed by atoms with Gasteiger partial charge in [0.2, 0.25) is 0 Å². The zero-order valence-electron chi connectivity index (χ0n) is 14.3. The van der Waals surface area contributed by atoms with Gasteiger partial charge in [0.25, 0.3) is 11.8 Å². The van der Waals surface area contributed by atoms with E-state index < -0.39 is 0 Å². The van der Waals surface area contributed by atoms with Crippen LogP contribution in [0.15, 0.2) is 60.8 Å². The number of rotatable bonds is 3. The van der Waals surface area contributed by atoms with Gasteiger partial charge in [-0.15, -0.1) is 0 Å².